The van der Waals surface area contributed by atoms with Gasteiger partial charge in [-0.05, 0) is 30.7 Å². The smallest absolute Gasteiger partial charge is 0.337 e. The molecular formula is C16H14ClN3O2. The first-order chi connectivity index (χ1) is 10.5. The number of benzene rings is 1. The highest BCUT2D eigenvalue weighted by atomic mass is 35.5. The summed E-state index contributed by atoms with van der Waals surface area (Å²) in [5, 5.41) is 10.6. The van der Waals surface area contributed by atoms with Crippen LogP contribution in [0.4, 0.5) is 11.5 Å². The van der Waals surface area contributed by atoms with Crippen molar-refractivity contribution in [2.45, 2.75) is 6.92 Å². The lowest BCUT2D eigenvalue weighted by Crippen LogP contribution is -2.13. The molecule has 3 rings (SSSR count). The van der Waals surface area contributed by atoms with E-state index in [0.717, 1.165) is 11.3 Å². The van der Waals surface area contributed by atoms with Gasteiger partial charge >= 0.3 is 5.97 Å². The average Bonchev–Trinajstić information content (AvgIpc) is 2.88. The number of fused-ring (bicyclic) bond motifs is 1. The number of carboxylic acid groups (broad SMARTS) is 1. The maximum atomic E-state index is 11.4. The van der Waals surface area contributed by atoms with Gasteiger partial charge in [-0.3, -0.25) is 0 Å². The van der Waals surface area contributed by atoms with E-state index >= 15 is 0 Å². The van der Waals surface area contributed by atoms with Crippen LogP contribution in [-0.2, 0) is 0 Å². The topological polar surface area (TPSA) is 69.2 Å². The summed E-state index contributed by atoms with van der Waals surface area (Å²) in [5.74, 6) is -0.340. The number of aryl methyl sites for hydroxylation is 1. The zero-order valence-electron chi connectivity index (χ0n) is 12.1. The molecule has 1 aromatic carbocycles. The van der Waals surface area contributed by atoms with E-state index in [1.807, 2.05) is 37.1 Å². The molecule has 2 heterocycles. The highest BCUT2D eigenvalue weighted by Crippen LogP contribution is 2.32. The number of hydrogen-bond acceptors (Lipinski definition) is 3. The van der Waals surface area contributed by atoms with Crippen LogP contribution in [-0.4, -0.2) is 28.1 Å². The fourth-order valence-electron chi connectivity index (χ4n) is 2.52. The third kappa shape index (κ3) is 2.29. The molecule has 0 saturated heterocycles. The normalized spacial score (nSPS) is 10.9. The first-order valence-corrected chi connectivity index (χ1v) is 7.06. The Labute approximate surface area is 132 Å². The second kappa shape index (κ2) is 5.35. The number of rotatable bonds is 3. The van der Waals surface area contributed by atoms with Crippen molar-refractivity contribution in [2.75, 3.05) is 11.9 Å². The van der Waals surface area contributed by atoms with Crippen molar-refractivity contribution in [3.63, 3.8) is 0 Å². The number of H-pyrrole nitrogens is 1. The first kappa shape index (κ1) is 14.4. The summed E-state index contributed by atoms with van der Waals surface area (Å²) in [7, 11) is 1.87. The van der Waals surface area contributed by atoms with Gasteiger partial charge < -0.3 is 15.0 Å². The van der Waals surface area contributed by atoms with Gasteiger partial charge in [-0.1, -0.05) is 17.7 Å². The van der Waals surface area contributed by atoms with Crippen molar-refractivity contribution in [3.05, 3.63) is 52.8 Å². The number of aromatic nitrogens is 2. The molecule has 22 heavy (non-hydrogen) atoms. The van der Waals surface area contributed by atoms with E-state index in [1.54, 1.807) is 12.3 Å². The maximum Gasteiger partial charge on any atom is 0.337 e. The van der Waals surface area contributed by atoms with Gasteiger partial charge in [-0.15, -0.1) is 0 Å². The Bertz CT molecular complexity index is 873. The molecule has 2 aromatic heterocycles. The van der Waals surface area contributed by atoms with Crippen LogP contribution < -0.4 is 4.90 Å². The maximum absolute atomic E-state index is 11.4. The van der Waals surface area contributed by atoms with Gasteiger partial charge in [-0.25, -0.2) is 9.78 Å². The number of carboxylic acids is 1. The van der Waals surface area contributed by atoms with Gasteiger partial charge in [0.15, 0.2) is 5.82 Å². The van der Waals surface area contributed by atoms with Gasteiger partial charge in [0.1, 0.15) is 0 Å². The van der Waals surface area contributed by atoms with Crippen molar-refractivity contribution in [1.82, 2.24) is 9.97 Å². The Balaban J connectivity index is 2.20. The average molecular weight is 316 g/mol. The van der Waals surface area contributed by atoms with Gasteiger partial charge in [0.05, 0.1) is 11.1 Å². The highest BCUT2D eigenvalue weighted by Gasteiger charge is 2.18. The Morgan fingerprint density at radius 2 is 2.18 bits per heavy atom. The molecule has 2 N–H and O–H groups in total. The number of anilines is 2. The summed E-state index contributed by atoms with van der Waals surface area (Å²) in [6.07, 6.45) is 3.18. The number of nitrogens with one attached hydrogen (secondary N) is 1. The molecule has 0 spiro atoms. The van der Waals surface area contributed by atoms with Crippen LogP contribution in [0.3, 0.4) is 0 Å². The molecule has 0 atom stereocenters. The fourth-order valence-corrected chi connectivity index (χ4v) is 2.71. The van der Waals surface area contributed by atoms with Crippen molar-refractivity contribution in [1.29, 1.82) is 0 Å². The number of carbonyl (C=O) groups is 1. The minimum absolute atomic E-state index is 0.192. The Morgan fingerprint density at radius 3 is 2.86 bits per heavy atom. The Morgan fingerprint density at radius 1 is 1.41 bits per heavy atom. The van der Waals surface area contributed by atoms with Crippen LogP contribution in [0.1, 0.15) is 15.9 Å². The zero-order chi connectivity index (χ0) is 15.9. The van der Waals surface area contributed by atoms with Crippen LogP contribution in [0.2, 0.25) is 5.02 Å². The van der Waals surface area contributed by atoms with E-state index in [2.05, 4.69) is 9.97 Å². The summed E-state index contributed by atoms with van der Waals surface area (Å²) >= 11 is 6.03. The van der Waals surface area contributed by atoms with Gasteiger partial charge in [0.2, 0.25) is 0 Å². The summed E-state index contributed by atoms with van der Waals surface area (Å²) in [4.78, 5) is 20.7. The largest absolute Gasteiger partial charge is 0.478 e. The van der Waals surface area contributed by atoms with Crippen LogP contribution in [0.15, 0.2) is 36.7 Å². The summed E-state index contributed by atoms with van der Waals surface area (Å²) in [6.45, 7) is 1.87. The second-order valence-electron chi connectivity index (χ2n) is 5.06. The fraction of sp³-hybridized carbons (Fsp3) is 0.125. The second-order valence-corrected chi connectivity index (χ2v) is 5.50. The van der Waals surface area contributed by atoms with Crippen LogP contribution in [0, 0.1) is 6.92 Å². The minimum Gasteiger partial charge on any atom is -0.478 e. The summed E-state index contributed by atoms with van der Waals surface area (Å²) in [6, 6.07) is 7.40. The molecule has 0 aliphatic carbocycles. The number of aromatic amines is 1. The number of halogens is 1. The van der Waals surface area contributed by atoms with E-state index in [4.69, 9.17) is 11.6 Å². The molecule has 5 nitrogen and oxygen atoms in total. The monoisotopic (exact) mass is 315 g/mol. The predicted octanol–water partition coefficient (Wildman–Crippen LogP) is 3.99. The standard InChI is InChI=1S/C16H14ClN3O2/c1-9-7-18-14-13(9)12(16(21)22)8-19-15(14)20(2)11-5-3-4-10(17)6-11/h3-8,18H,1-2H3,(H,21,22). The minimum atomic E-state index is -0.989. The molecular weight excluding hydrogens is 302 g/mol. The molecule has 112 valence electrons. The number of pyridine rings is 1. The molecule has 0 bridgehead atoms. The van der Waals surface area contributed by atoms with E-state index in [-0.39, 0.29) is 5.56 Å². The Hall–Kier alpha value is -2.53. The van der Waals surface area contributed by atoms with Gasteiger partial charge in [0, 0.05) is 35.5 Å². The molecule has 0 amide bonds. The van der Waals surface area contributed by atoms with E-state index in [1.165, 1.54) is 6.20 Å². The zero-order valence-corrected chi connectivity index (χ0v) is 12.8. The van der Waals surface area contributed by atoms with Crippen LogP contribution in [0.5, 0.6) is 0 Å². The predicted molar refractivity (Wildman–Crippen MR) is 87.3 cm³/mol. The third-order valence-corrected chi connectivity index (χ3v) is 3.86. The van der Waals surface area contributed by atoms with Crippen molar-refractivity contribution in [2.24, 2.45) is 0 Å². The molecule has 0 radical (unpaired) electrons. The Kier molecular flexibility index (Phi) is 3.50. The molecule has 0 fully saturated rings. The van der Waals surface area contributed by atoms with E-state index in [0.29, 0.717) is 21.7 Å². The SMILES string of the molecule is Cc1c[nH]c2c(N(C)c3cccc(Cl)c3)ncc(C(=O)O)c12. The molecule has 6 heteroatoms. The number of hydrogen-bond donors (Lipinski definition) is 2. The van der Waals surface area contributed by atoms with Crippen molar-refractivity contribution >= 4 is 40.0 Å². The van der Waals surface area contributed by atoms with Crippen molar-refractivity contribution in [3.8, 4) is 0 Å². The molecule has 0 saturated carbocycles. The van der Waals surface area contributed by atoms with Gasteiger partial charge in [-0.2, -0.15) is 0 Å². The van der Waals surface area contributed by atoms with Crippen LogP contribution in [0.25, 0.3) is 10.9 Å². The third-order valence-electron chi connectivity index (χ3n) is 3.63. The molecule has 0 unspecified atom stereocenters. The number of aromatic carboxylic acids is 1. The molecule has 0 aliphatic rings. The lowest BCUT2D eigenvalue weighted by atomic mass is 10.1. The first-order valence-electron chi connectivity index (χ1n) is 6.68. The number of nitrogens with zero attached hydrogens (tertiary/aromatic N) is 2. The molecule has 0 aliphatic heterocycles. The highest BCUT2D eigenvalue weighted by molar-refractivity contribution is 6.30. The summed E-state index contributed by atoms with van der Waals surface area (Å²) < 4.78 is 0. The van der Waals surface area contributed by atoms with E-state index in [9.17, 15) is 9.90 Å². The van der Waals surface area contributed by atoms with Gasteiger partial charge in [0.25, 0.3) is 0 Å². The van der Waals surface area contributed by atoms with Crippen molar-refractivity contribution < 1.29 is 9.90 Å². The van der Waals surface area contributed by atoms with Crippen LogP contribution >= 0.6 is 11.6 Å². The lowest BCUT2D eigenvalue weighted by Gasteiger charge is -2.19. The molecule has 3 aromatic rings. The lowest BCUT2D eigenvalue weighted by molar-refractivity contribution is 0.0698. The quantitative estimate of drug-likeness (QED) is 0.766. The summed E-state index contributed by atoms with van der Waals surface area (Å²) in [5.41, 5.74) is 2.63. The van der Waals surface area contributed by atoms with E-state index < -0.39 is 5.97 Å².